The van der Waals surface area contributed by atoms with Gasteiger partial charge in [0.15, 0.2) is 5.78 Å². The second-order valence-electron chi connectivity index (χ2n) is 5.43. The number of ketones is 1. The van der Waals surface area contributed by atoms with E-state index in [1.807, 2.05) is 12.1 Å². The lowest BCUT2D eigenvalue weighted by molar-refractivity contribution is 0.0906. The molecule has 1 aromatic rings. The average molecular weight is 261 g/mol. The van der Waals surface area contributed by atoms with E-state index in [1.54, 1.807) is 0 Å². The largest absolute Gasteiger partial charge is 0.293 e. The Bertz CT molecular complexity index is 381. The van der Waals surface area contributed by atoms with Crippen molar-refractivity contribution in [3.05, 3.63) is 35.4 Å². The summed E-state index contributed by atoms with van der Waals surface area (Å²) in [6.45, 7) is 10.1. The minimum Gasteiger partial charge on any atom is -0.293 e. The SMILES string of the molecule is CCCc1ccc(C(=O)CN(CCC)C(C)C)cc1. The molecule has 0 atom stereocenters. The zero-order valence-corrected chi connectivity index (χ0v) is 12.8. The maximum absolute atomic E-state index is 12.3. The van der Waals surface area contributed by atoms with Gasteiger partial charge in [-0.05, 0) is 38.8 Å². The fraction of sp³-hybridized carbons (Fsp3) is 0.588. The fourth-order valence-corrected chi connectivity index (χ4v) is 2.23. The molecule has 0 aliphatic heterocycles. The van der Waals surface area contributed by atoms with Crippen LogP contribution in [0.15, 0.2) is 24.3 Å². The Morgan fingerprint density at radius 3 is 2.21 bits per heavy atom. The van der Waals surface area contributed by atoms with Crippen LogP contribution >= 0.6 is 0 Å². The highest BCUT2D eigenvalue weighted by atomic mass is 16.1. The number of Topliss-reactive ketones (excluding diaryl/α,β-unsaturated/α-hetero) is 1. The molecule has 0 fully saturated rings. The first kappa shape index (κ1) is 15.9. The highest BCUT2D eigenvalue weighted by Crippen LogP contribution is 2.09. The number of hydrogen-bond donors (Lipinski definition) is 0. The molecule has 0 radical (unpaired) electrons. The average Bonchev–Trinajstić information content (AvgIpc) is 2.39. The Morgan fingerprint density at radius 2 is 1.74 bits per heavy atom. The summed E-state index contributed by atoms with van der Waals surface area (Å²) in [4.78, 5) is 14.5. The Balaban J connectivity index is 2.66. The van der Waals surface area contributed by atoms with Gasteiger partial charge in [-0.3, -0.25) is 9.69 Å². The van der Waals surface area contributed by atoms with Gasteiger partial charge < -0.3 is 0 Å². The van der Waals surface area contributed by atoms with E-state index in [0.717, 1.165) is 31.4 Å². The predicted molar refractivity (Wildman–Crippen MR) is 81.8 cm³/mol. The van der Waals surface area contributed by atoms with Crippen LogP contribution in [0.4, 0.5) is 0 Å². The van der Waals surface area contributed by atoms with Crippen LogP contribution in [0.5, 0.6) is 0 Å². The highest BCUT2D eigenvalue weighted by molar-refractivity contribution is 5.97. The van der Waals surface area contributed by atoms with Gasteiger partial charge in [-0.2, -0.15) is 0 Å². The molecule has 19 heavy (non-hydrogen) atoms. The van der Waals surface area contributed by atoms with E-state index in [0.29, 0.717) is 12.6 Å². The molecule has 0 heterocycles. The van der Waals surface area contributed by atoms with Crippen molar-refractivity contribution in [3.63, 3.8) is 0 Å². The minimum atomic E-state index is 0.227. The molecule has 0 amide bonds. The molecule has 2 heteroatoms. The lowest BCUT2D eigenvalue weighted by Crippen LogP contribution is -2.36. The molecule has 0 aromatic heterocycles. The summed E-state index contributed by atoms with van der Waals surface area (Å²) >= 11 is 0. The van der Waals surface area contributed by atoms with Gasteiger partial charge in [-0.25, -0.2) is 0 Å². The molecule has 0 spiro atoms. The van der Waals surface area contributed by atoms with E-state index in [2.05, 4.69) is 44.7 Å². The number of benzene rings is 1. The molecule has 106 valence electrons. The monoisotopic (exact) mass is 261 g/mol. The van der Waals surface area contributed by atoms with Crippen LogP contribution in [-0.2, 0) is 6.42 Å². The molecule has 0 unspecified atom stereocenters. The molecule has 0 aliphatic carbocycles. The molecular weight excluding hydrogens is 234 g/mol. The quantitative estimate of drug-likeness (QED) is 0.661. The van der Waals surface area contributed by atoms with Crippen LogP contribution in [0.2, 0.25) is 0 Å². The first-order valence-corrected chi connectivity index (χ1v) is 7.44. The third-order valence-corrected chi connectivity index (χ3v) is 3.40. The van der Waals surface area contributed by atoms with Gasteiger partial charge in [0.2, 0.25) is 0 Å². The Kier molecular flexibility index (Phi) is 6.79. The molecule has 0 saturated heterocycles. The van der Waals surface area contributed by atoms with Crippen molar-refractivity contribution in [3.8, 4) is 0 Å². The number of rotatable bonds is 8. The summed E-state index contributed by atoms with van der Waals surface area (Å²) in [5.41, 5.74) is 2.15. The lowest BCUT2D eigenvalue weighted by atomic mass is 10.0. The van der Waals surface area contributed by atoms with Crippen LogP contribution in [0.25, 0.3) is 0 Å². The van der Waals surface area contributed by atoms with Crippen LogP contribution in [-0.4, -0.2) is 29.8 Å². The number of carbonyl (C=O) groups excluding carboxylic acids is 1. The lowest BCUT2D eigenvalue weighted by Gasteiger charge is -2.25. The smallest absolute Gasteiger partial charge is 0.176 e. The standard InChI is InChI=1S/C17H27NO/c1-5-7-15-8-10-16(11-9-15)17(19)13-18(12-6-2)14(3)4/h8-11,14H,5-7,12-13H2,1-4H3. The molecule has 2 nitrogen and oxygen atoms in total. The van der Waals surface area contributed by atoms with Crippen molar-refractivity contribution in [2.75, 3.05) is 13.1 Å². The number of aryl methyl sites for hydroxylation is 1. The van der Waals surface area contributed by atoms with E-state index in [1.165, 1.54) is 5.56 Å². The Labute approximate surface area is 117 Å². The molecule has 1 aromatic carbocycles. The van der Waals surface area contributed by atoms with Crippen LogP contribution in [0, 0.1) is 0 Å². The topological polar surface area (TPSA) is 20.3 Å². The highest BCUT2D eigenvalue weighted by Gasteiger charge is 2.14. The predicted octanol–water partition coefficient (Wildman–Crippen LogP) is 3.94. The van der Waals surface area contributed by atoms with Gasteiger partial charge in [0, 0.05) is 11.6 Å². The summed E-state index contributed by atoms with van der Waals surface area (Å²) < 4.78 is 0. The molecule has 0 N–H and O–H groups in total. The molecule has 0 bridgehead atoms. The summed E-state index contributed by atoms with van der Waals surface area (Å²) in [6.07, 6.45) is 3.31. The first-order valence-electron chi connectivity index (χ1n) is 7.44. The number of nitrogens with zero attached hydrogens (tertiary/aromatic N) is 1. The van der Waals surface area contributed by atoms with E-state index >= 15 is 0 Å². The summed E-state index contributed by atoms with van der Waals surface area (Å²) in [5, 5.41) is 0. The van der Waals surface area contributed by atoms with Gasteiger partial charge in [0.25, 0.3) is 0 Å². The second kappa shape index (κ2) is 8.11. The Hall–Kier alpha value is -1.15. The van der Waals surface area contributed by atoms with Crippen molar-refractivity contribution in [1.82, 2.24) is 4.90 Å². The molecular formula is C17H27NO. The summed E-state index contributed by atoms with van der Waals surface area (Å²) in [7, 11) is 0. The maximum atomic E-state index is 12.3. The third kappa shape index (κ3) is 5.15. The van der Waals surface area contributed by atoms with E-state index in [4.69, 9.17) is 0 Å². The fourth-order valence-electron chi connectivity index (χ4n) is 2.23. The summed E-state index contributed by atoms with van der Waals surface area (Å²) in [5.74, 6) is 0.227. The second-order valence-corrected chi connectivity index (χ2v) is 5.43. The van der Waals surface area contributed by atoms with Crippen LogP contribution in [0.3, 0.4) is 0 Å². The van der Waals surface area contributed by atoms with E-state index in [9.17, 15) is 4.79 Å². The molecule has 0 aliphatic rings. The van der Waals surface area contributed by atoms with Crippen molar-refractivity contribution in [2.24, 2.45) is 0 Å². The van der Waals surface area contributed by atoms with Crippen molar-refractivity contribution < 1.29 is 4.79 Å². The van der Waals surface area contributed by atoms with Crippen molar-refractivity contribution in [1.29, 1.82) is 0 Å². The maximum Gasteiger partial charge on any atom is 0.176 e. The molecule has 1 rings (SSSR count). The Morgan fingerprint density at radius 1 is 1.11 bits per heavy atom. The van der Waals surface area contributed by atoms with Crippen molar-refractivity contribution in [2.45, 2.75) is 53.0 Å². The first-order chi connectivity index (χ1) is 9.08. The van der Waals surface area contributed by atoms with E-state index < -0.39 is 0 Å². The van der Waals surface area contributed by atoms with Crippen LogP contribution < -0.4 is 0 Å². The van der Waals surface area contributed by atoms with Gasteiger partial charge in [0.1, 0.15) is 0 Å². The van der Waals surface area contributed by atoms with Crippen LogP contribution in [0.1, 0.15) is 56.5 Å². The van der Waals surface area contributed by atoms with Gasteiger partial charge >= 0.3 is 0 Å². The third-order valence-electron chi connectivity index (χ3n) is 3.40. The number of carbonyl (C=O) groups is 1. The van der Waals surface area contributed by atoms with Crippen molar-refractivity contribution >= 4 is 5.78 Å². The minimum absolute atomic E-state index is 0.227. The zero-order chi connectivity index (χ0) is 14.3. The normalized spacial score (nSPS) is 11.3. The number of hydrogen-bond acceptors (Lipinski definition) is 2. The summed E-state index contributed by atoms with van der Waals surface area (Å²) in [6, 6.07) is 8.52. The zero-order valence-electron chi connectivity index (χ0n) is 12.8. The van der Waals surface area contributed by atoms with Gasteiger partial charge in [0.05, 0.1) is 6.54 Å². The van der Waals surface area contributed by atoms with Gasteiger partial charge in [-0.15, -0.1) is 0 Å². The van der Waals surface area contributed by atoms with Gasteiger partial charge in [-0.1, -0.05) is 44.5 Å². The molecule has 0 saturated carbocycles. The van der Waals surface area contributed by atoms with E-state index in [-0.39, 0.29) is 5.78 Å².